The number of H-pyrrole nitrogens is 2. The lowest BCUT2D eigenvalue weighted by atomic mass is 10.2. The van der Waals surface area contributed by atoms with Gasteiger partial charge in [-0.3, -0.25) is 9.89 Å². The first-order valence-electron chi connectivity index (χ1n) is 6.09. The van der Waals surface area contributed by atoms with Crippen LogP contribution in [0.5, 0.6) is 0 Å². The molecule has 19 heavy (non-hydrogen) atoms. The van der Waals surface area contributed by atoms with Gasteiger partial charge in [-0.2, -0.15) is 5.10 Å². The summed E-state index contributed by atoms with van der Waals surface area (Å²) in [5.41, 5.74) is 3.63. The number of aromatic nitrogens is 3. The van der Waals surface area contributed by atoms with E-state index in [1.54, 1.807) is 12.3 Å². The number of fused-ring (bicyclic) bond motifs is 1. The summed E-state index contributed by atoms with van der Waals surface area (Å²) < 4.78 is 0. The van der Waals surface area contributed by atoms with Crippen molar-refractivity contribution in [1.29, 1.82) is 0 Å². The number of hydrogen-bond acceptors (Lipinski definition) is 2. The van der Waals surface area contributed by atoms with Crippen LogP contribution in [0.2, 0.25) is 0 Å². The molecule has 0 saturated carbocycles. The number of nitrogens with zero attached hydrogens (tertiary/aromatic N) is 1. The molecule has 0 radical (unpaired) electrons. The first-order valence-corrected chi connectivity index (χ1v) is 6.09. The van der Waals surface area contributed by atoms with Gasteiger partial charge in [-0.25, -0.2) is 0 Å². The molecule has 5 nitrogen and oxygen atoms in total. The molecule has 1 aromatic carbocycles. The second kappa shape index (κ2) is 4.61. The Morgan fingerprint density at radius 1 is 1.32 bits per heavy atom. The Labute approximate surface area is 110 Å². The quantitative estimate of drug-likeness (QED) is 0.671. The zero-order valence-electron chi connectivity index (χ0n) is 10.5. The van der Waals surface area contributed by atoms with Crippen molar-refractivity contribution in [2.45, 2.75) is 13.3 Å². The average molecular weight is 254 g/mol. The highest BCUT2D eigenvalue weighted by Gasteiger charge is 2.11. The molecule has 2 heterocycles. The molecule has 3 N–H and O–H groups in total. The number of aromatic amines is 2. The Morgan fingerprint density at radius 3 is 2.95 bits per heavy atom. The number of carbonyl (C=O) groups excluding carboxylic acids is 1. The largest absolute Gasteiger partial charge is 0.357 e. The summed E-state index contributed by atoms with van der Waals surface area (Å²) in [6, 6.07) is 9.70. The second-order valence-electron chi connectivity index (χ2n) is 4.48. The van der Waals surface area contributed by atoms with E-state index in [9.17, 15) is 4.79 Å². The Hall–Kier alpha value is -2.56. The Balaban J connectivity index is 1.85. The van der Waals surface area contributed by atoms with E-state index >= 15 is 0 Å². The van der Waals surface area contributed by atoms with Gasteiger partial charge in [-0.1, -0.05) is 18.2 Å². The third-order valence-corrected chi connectivity index (χ3v) is 3.07. The highest BCUT2D eigenvalue weighted by atomic mass is 16.1. The van der Waals surface area contributed by atoms with Crippen LogP contribution in [0.25, 0.3) is 10.9 Å². The lowest BCUT2D eigenvalue weighted by Gasteiger charge is -2.04. The predicted octanol–water partition coefficient (Wildman–Crippen LogP) is 2.38. The molecule has 3 aromatic rings. The summed E-state index contributed by atoms with van der Waals surface area (Å²) in [4.78, 5) is 15.3. The van der Waals surface area contributed by atoms with Crippen LogP contribution in [-0.4, -0.2) is 21.1 Å². The van der Waals surface area contributed by atoms with Crippen LogP contribution in [0.15, 0.2) is 36.5 Å². The van der Waals surface area contributed by atoms with Gasteiger partial charge >= 0.3 is 0 Å². The Bertz CT molecular complexity index is 712. The lowest BCUT2D eigenvalue weighted by Crippen LogP contribution is -2.15. The molecular weight excluding hydrogens is 240 g/mol. The molecule has 1 amide bonds. The maximum atomic E-state index is 12.0. The fourth-order valence-electron chi connectivity index (χ4n) is 2.18. The van der Waals surface area contributed by atoms with E-state index < -0.39 is 0 Å². The normalized spacial score (nSPS) is 10.8. The van der Waals surface area contributed by atoms with Crippen molar-refractivity contribution in [2.24, 2.45) is 0 Å². The third kappa shape index (κ3) is 2.22. The smallest absolute Gasteiger partial charge is 0.230 e. The number of rotatable bonds is 3. The van der Waals surface area contributed by atoms with Crippen LogP contribution in [0.1, 0.15) is 11.4 Å². The summed E-state index contributed by atoms with van der Waals surface area (Å²) in [6.07, 6.45) is 1.93. The number of benzene rings is 1. The summed E-state index contributed by atoms with van der Waals surface area (Å²) in [7, 11) is 0. The molecule has 96 valence electrons. The van der Waals surface area contributed by atoms with E-state index in [1.165, 1.54) is 0 Å². The van der Waals surface area contributed by atoms with Gasteiger partial charge in [0.15, 0.2) is 0 Å². The van der Waals surface area contributed by atoms with Crippen molar-refractivity contribution in [3.63, 3.8) is 0 Å². The van der Waals surface area contributed by atoms with Crippen molar-refractivity contribution >= 4 is 22.5 Å². The van der Waals surface area contributed by atoms with Crippen LogP contribution in [0.3, 0.4) is 0 Å². The number of aryl methyl sites for hydroxylation is 1. The van der Waals surface area contributed by atoms with Gasteiger partial charge in [0.25, 0.3) is 0 Å². The van der Waals surface area contributed by atoms with Gasteiger partial charge in [-0.05, 0) is 19.1 Å². The van der Waals surface area contributed by atoms with E-state index in [0.717, 1.165) is 28.0 Å². The number of nitrogens with one attached hydrogen (secondary N) is 3. The number of carbonyl (C=O) groups is 1. The number of para-hydroxylation sites is 1. The first-order chi connectivity index (χ1) is 9.24. The standard InChI is InChI=1S/C14H14N4O/c1-9-14(11-4-2-3-5-12(11)16-9)17-13(19)8-10-6-7-15-18-10/h2-7,16H,8H2,1H3,(H,15,18)(H,17,19). The highest BCUT2D eigenvalue weighted by molar-refractivity contribution is 6.03. The molecule has 0 saturated heterocycles. The summed E-state index contributed by atoms with van der Waals surface area (Å²) >= 11 is 0. The fourth-order valence-corrected chi connectivity index (χ4v) is 2.18. The minimum atomic E-state index is -0.0582. The van der Waals surface area contributed by atoms with Gasteiger partial charge in [0.2, 0.25) is 5.91 Å². The van der Waals surface area contributed by atoms with Gasteiger partial charge in [0.1, 0.15) is 0 Å². The molecule has 5 heteroatoms. The highest BCUT2D eigenvalue weighted by Crippen LogP contribution is 2.26. The molecule has 0 aliphatic heterocycles. The van der Waals surface area contributed by atoms with Crippen molar-refractivity contribution in [3.05, 3.63) is 47.9 Å². The molecule has 0 unspecified atom stereocenters. The van der Waals surface area contributed by atoms with Crippen LogP contribution in [0, 0.1) is 6.92 Å². The minimum absolute atomic E-state index is 0.0582. The first kappa shape index (κ1) is 11.5. The monoisotopic (exact) mass is 254 g/mol. The fraction of sp³-hybridized carbons (Fsp3) is 0.143. The van der Waals surface area contributed by atoms with E-state index in [4.69, 9.17) is 0 Å². The summed E-state index contributed by atoms with van der Waals surface area (Å²) in [5, 5.41) is 10.6. The Kier molecular flexibility index (Phi) is 2.79. The number of anilines is 1. The van der Waals surface area contributed by atoms with E-state index in [0.29, 0.717) is 6.42 Å². The van der Waals surface area contributed by atoms with E-state index in [-0.39, 0.29) is 5.91 Å². The van der Waals surface area contributed by atoms with Crippen LogP contribution >= 0.6 is 0 Å². The molecule has 0 fully saturated rings. The zero-order chi connectivity index (χ0) is 13.2. The van der Waals surface area contributed by atoms with Gasteiger partial charge < -0.3 is 10.3 Å². The number of hydrogen-bond donors (Lipinski definition) is 3. The van der Waals surface area contributed by atoms with Crippen molar-refractivity contribution in [1.82, 2.24) is 15.2 Å². The minimum Gasteiger partial charge on any atom is -0.357 e. The van der Waals surface area contributed by atoms with Crippen LogP contribution < -0.4 is 5.32 Å². The van der Waals surface area contributed by atoms with Crippen molar-refractivity contribution < 1.29 is 4.79 Å². The molecule has 0 atom stereocenters. The molecule has 0 spiro atoms. The van der Waals surface area contributed by atoms with Crippen molar-refractivity contribution in [3.8, 4) is 0 Å². The van der Waals surface area contributed by atoms with E-state index in [1.807, 2.05) is 31.2 Å². The maximum Gasteiger partial charge on any atom is 0.230 e. The lowest BCUT2D eigenvalue weighted by molar-refractivity contribution is -0.115. The predicted molar refractivity (Wildman–Crippen MR) is 74.0 cm³/mol. The third-order valence-electron chi connectivity index (χ3n) is 3.07. The topological polar surface area (TPSA) is 73.6 Å². The molecule has 0 aliphatic carbocycles. The Morgan fingerprint density at radius 2 is 2.16 bits per heavy atom. The van der Waals surface area contributed by atoms with E-state index in [2.05, 4.69) is 20.5 Å². The number of amides is 1. The van der Waals surface area contributed by atoms with Gasteiger partial charge in [0, 0.05) is 28.5 Å². The summed E-state index contributed by atoms with van der Waals surface area (Å²) in [6.45, 7) is 1.95. The van der Waals surface area contributed by atoms with Crippen LogP contribution in [0.4, 0.5) is 5.69 Å². The molecule has 0 bridgehead atoms. The van der Waals surface area contributed by atoms with Gasteiger partial charge in [0.05, 0.1) is 12.1 Å². The summed E-state index contributed by atoms with van der Waals surface area (Å²) in [5.74, 6) is -0.0582. The molecular formula is C14H14N4O. The van der Waals surface area contributed by atoms with Crippen molar-refractivity contribution in [2.75, 3.05) is 5.32 Å². The van der Waals surface area contributed by atoms with Crippen LogP contribution in [-0.2, 0) is 11.2 Å². The molecule has 2 aromatic heterocycles. The maximum absolute atomic E-state index is 12.0. The zero-order valence-corrected chi connectivity index (χ0v) is 10.5. The average Bonchev–Trinajstić information content (AvgIpc) is 2.99. The molecule has 3 rings (SSSR count). The SMILES string of the molecule is Cc1[nH]c2ccccc2c1NC(=O)Cc1ccn[nH]1. The second-order valence-corrected chi connectivity index (χ2v) is 4.48. The molecule has 0 aliphatic rings. The van der Waals surface area contributed by atoms with Gasteiger partial charge in [-0.15, -0.1) is 0 Å².